The van der Waals surface area contributed by atoms with E-state index in [1.165, 1.54) is 180 Å². The number of carboxylic acid groups (broad SMARTS) is 1. The summed E-state index contributed by atoms with van der Waals surface area (Å²) in [5, 5.41) is 40.0. The van der Waals surface area contributed by atoms with Gasteiger partial charge < -0.3 is 39.4 Å². The molecule has 11 heteroatoms. The summed E-state index contributed by atoms with van der Waals surface area (Å²) in [5.41, 5.74) is 0. The number of hydrogen-bond acceptors (Lipinski definition) is 10. The molecule has 0 aromatic carbocycles. The van der Waals surface area contributed by atoms with Gasteiger partial charge in [0.05, 0.1) is 6.61 Å². The number of aliphatic hydroxyl groups excluding tert-OH is 3. The van der Waals surface area contributed by atoms with Crippen LogP contribution < -0.4 is 0 Å². The third-order valence-electron chi connectivity index (χ3n) is 12.9. The Morgan fingerprint density at radius 2 is 0.815 bits per heavy atom. The largest absolute Gasteiger partial charge is 0.479 e. The first-order valence-corrected chi connectivity index (χ1v) is 27.2. The van der Waals surface area contributed by atoms with E-state index in [-0.39, 0.29) is 26.1 Å². The Hall–Kier alpha value is -2.05. The molecule has 0 aromatic rings. The zero-order valence-electron chi connectivity index (χ0n) is 41.8. The maximum atomic E-state index is 12.9. The predicted molar refractivity (Wildman–Crippen MR) is 262 cm³/mol. The average molecular weight is 925 g/mol. The Balaban J connectivity index is 2.26. The van der Waals surface area contributed by atoms with Crippen LogP contribution in [-0.4, -0.2) is 88.4 Å². The first kappa shape index (κ1) is 61.0. The fourth-order valence-electron chi connectivity index (χ4n) is 8.58. The molecule has 0 aliphatic carbocycles. The van der Waals surface area contributed by atoms with Crippen LogP contribution in [0.1, 0.15) is 264 Å². The summed E-state index contributed by atoms with van der Waals surface area (Å²) >= 11 is 0. The number of ether oxygens (including phenoxy) is 4. The first-order chi connectivity index (χ1) is 31.7. The maximum Gasteiger partial charge on any atom is 0.335 e. The molecule has 6 atom stereocenters. The van der Waals surface area contributed by atoms with E-state index in [0.29, 0.717) is 12.8 Å². The van der Waals surface area contributed by atoms with E-state index in [0.717, 1.165) is 44.9 Å². The van der Waals surface area contributed by atoms with E-state index >= 15 is 0 Å². The van der Waals surface area contributed by atoms with Crippen LogP contribution in [0.15, 0.2) is 12.2 Å². The van der Waals surface area contributed by atoms with Crippen LogP contribution in [0.5, 0.6) is 0 Å². The van der Waals surface area contributed by atoms with Crippen LogP contribution >= 0.6 is 0 Å². The van der Waals surface area contributed by atoms with Gasteiger partial charge in [0, 0.05) is 12.8 Å². The number of aliphatic hydroxyl groups is 3. The summed E-state index contributed by atoms with van der Waals surface area (Å²) < 4.78 is 21.9. The lowest BCUT2D eigenvalue weighted by Gasteiger charge is -2.38. The highest BCUT2D eigenvalue weighted by molar-refractivity contribution is 5.73. The van der Waals surface area contributed by atoms with Crippen LogP contribution in [0, 0.1) is 0 Å². The van der Waals surface area contributed by atoms with Gasteiger partial charge in [-0.2, -0.15) is 0 Å². The summed E-state index contributed by atoms with van der Waals surface area (Å²) in [6.45, 7) is 3.86. The van der Waals surface area contributed by atoms with Gasteiger partial charge in [0.1, 0.15) is 24.9 Å². The molecule has 0 aromatic heterocycles. The Labute approximate surface area is 397 Å². The number of rotatable bonds is 47. The lowest BCUT2D eigenvalue weighted by Crippen LogP contribution is -2.60. The topological polar surface area (TPSA) is 169 Å². The van der Waals surface area contributed by atoms with E-state index in [1.807, 2.05) is 0 Å². The second-order valence-electron chi connectivity index (χ2n) is 19.1. The van der Waals surface area contributed by atoms with Gasteiger partial charge in [-0.15, -0.1) is 0 Å². The van der Waals surface area contributed by atoms with Crippen molar-refractivity contribution in [3.05, 3.63) is 12.2 Å². The molecular weight excluding hydrogens is 825 g/mol. The second-order valence-corrected chi connectivity index (χ2v) is 19.1. The lowest BCUT2D eigenvalue weighted by atomic mass is 9.99. The van der Waals surface area contributed by atoms with Crippen molar-refractivity contribution in [1.82, 2.24) is 0 Å². The van der Waals surface area contributed by atoms with Gasteiger partial charge in [0.15, 0.2) is 18.5 Å². The molecule has 11 nitrogen and oxygen atoms in total. The Kier molecular flexibility index (Phi) is 41.7. The average Bonchev–Trinajstić information content (AvgIpc) is 3.29. The molecule has 1 saturated heterocycles. The van der Waals surface area contributed by atoms with Gasteiger partial charge in [-0.1, -0.05) is 225 Å². The van der Waals surface area contributed by atoms with E-state index in [9.17, 15) is 34.8 Å². The molecule has 1 aliphatic rings. The van der Waals surface area contributed by atoms with Crippen LogP contribution in [0.2, 0.25) is 0 Å². The fourth-order valence-corrected chi connectivity index (χ4v) is 8.58. The third kappa shape index (κ3) is 35.7. The SMILES string of the molecule is CCCCCCCCC/C=C\CCCCCCCCCC(=O)OCC(COC1OC(C(=O)O)C(O)C(O)C1O)OC(=O)CCCCCCCCCCCCCCCCCCCCCCC. The number of allylic oxidation sites excluding steroid dienone is 2. The highest BCUT2D eigenvalue weighted by Gasteiger charge is 2.47. The summed E-state index contributed by atoms with van der Waals surface area (Å²) in [4.78, 5) is 37.0. The van der Waals surface area contributed by atoms with Gasteiger partial charge in [-0.05, 0) is 38.5 Å². The molecule has 1 heterocycles. The number of unbranched alkanes of at least 4 members (excludes halogenated alkanes) is 34. The van der Waals surface area contributed by atoms with Crippen LogP contribution in [0.25, 0.3) is 0 Å². The van der Waals surface area contributed by atoms with Crippen molar-refractivity contribution in [3.63, 3.8) is 0 Å². The number of carboxylic acids is 1. The molecule has 4 N–H and O–H groups in total. The van der Waals surface area contributed by atoms with Gasteiger partial charge in [-0.25, -0.2) is 4.79 Å². The number of carbonyl (C=O) groups excluding carboxylic acids is 2. The van der Waals surface area contributed by atoms with Crippen molar-refractivity contribution in [3.8, 4) is 0 Å². The van der Waals surface area contributed by atoms with Crippen LogP contribution in [0.4, 0.5) is 0 Å². The van der Waals surface area contributed by atoms with Crippen molar-refractivity contribution >= 4 is 17.9 Å². The second kappa shape index (κ2) is 44.5. The zero-order chi connectivity index (χ0) is 47.4. The molecule has 0 amide bonds. The van der Waals surface area contributed by atoms with Gasteiger partial charge in [0.25, 0.3) is 0 Å². The first-order valence-electron chi connectivity index (χ1n) is 27.2. The quantitative estimate of drug-likeness (QED) is 0.0260. The zero-order valence-corrected chi connectivity index (χ0v) is 41.8. The summed E-state index contributed by atoms with van der Waals surface area (Å²) in [7, 11) is 0. The molecule has 1 fully saturated rings. The molecule has 6 unspecified atom stereocenters. The van der Waals surface area contributed by atoms with Crippen LogP contribution in [0.3, 0.4) is 0 Å². The third-order valence-corrected chi connectivity index (χ3v) is 12.9. The highest BCUT2D eigenvalue weighted by Crippen LogP contribution is 2.23. The minimum absolute atomic E-state index is 0.189. The normalized spacial score (nSPS) is 19.2. The molecular formula is C54H100O11. The van der Waals surface area contributed by atoms with E-state index in [2.05, 4.69) is 26.0 Å². The Bertz CT molecular complexity index is 1130. The van der Waals surface area contributed by atoms with Crippen molar-refractivity contribution < 1.29 is 53.8 Å². The number of carbonyl (C=O) groups is 3. The van der Waals surface area contributed by atoms with E-state index < -0.39 is 54.7 Å². The molecule has 65 heavy (non-hydrogen) atoms. The Morgan fingerprint density at radius 1 is 0.462 bits per heavy atom. The summed E-state index contributed by atoms with van der Waals surface area (Å²) in [6, 6.07) is 0. The van der Waals surface area contributed by atoms with Gasteiger partial charge in [0.2, 0.25) is 0 Å². The predicted octanol–water partition coefficient (Wildman–Crippen LogP) is 13.2. The van der Waals surface area contributed by atoms with Crippen molar-refractivity contribution in [2.45, 2.75) is 301 Å². The highest BCUT2D eigenvalue weighted by atomic mass is 16.7. The smallest absolute Gasteiger partial charge is 0.335 e. The Morgan fingerprint density at radius 3 is 1.20 bits per heavy atom. The standard InChI is InChI=1S/C54H100O11/c1-3-5-7-9-11-13-15-17-19-21-23-24-25-27-29-31-33-35-37-39-41-43-48(56)64-46(45-63-54-51(59)49(57)50(58)52(65-54)53(60)61)44-62-47(55)42-40-38-36-34-32-30-28-26-22-20-18-16-14-12-10-8-6-4-2/h20,22,46,49-52,54,57-59H,3-19,21,23-45H2,1-2H3,(H,60,61)/b22-20-. The minimum atomic E-state index is -1.86. The van der Waals surface area contributed by atoms with Gasteiger partial charge >= 0.3 is 17.9 Å². The fraction of sp³-hybridized carbons (Fsp3) is 0.907. The maximum absolute atomic E-state index is 12.9. The number of esters is 2. The molecule has 0 saturated carbocycles. The lowest BCUT2D eigenvalue weighted by molar-refractivity contribution is -0.298. The van der Waals surface area contributed by atoms with E-state index in [1.54, 1.807) is 0 Å². The van der Waals surface area contributed by atoms with Crippen LogP contribution in [-0.2, 0) is 33.3 Å². The van der Waals surface area contributed by atoms with Gasteiger partial charge in [-0.3, -0.25) is 9.59 Å². The molecule has 1 aliphatic heterocycles. The molecule has 0 radical (unpaired) electrons. The molecule has 382 valence electrons. The number of hydrogen-bond donors (Lipinski definition) is 4. The van der Waals surface area contributed by atoms with Crippen molar-refractivity contribution in [1.29, 1.82) is 0 Å². The van der Waals surface area contributed by atoms with Crippen molar-refractivity contribution in [2.24, 2.45) is 0 Å². The summed E-state index contributed by atoms with van der Waals surface area (Å²) in [5.74, 6) is -2.43. The minimum Gasteiger partial charge on any atom is -0.479 e. The van der Waals surface area contributed by atoms with Crippen molar-refractivity contribution in [2.75, 3.05) is 13.2 Å². The molecule has 1 rings (SSSR count). The summed E-state index contributed by atoms with van der Waals surface area (Å²) in [6.07, 6.45) is 41.2. The monoisotopic (exact) mass is 925 g/mol. The molecule has 0 spiro atoms. The molecule has 0 bridgehead atoms. The van der Waals surface area contributed by atoms with E-state index in [4.69, 9.17) is 18.9 Å². The number of aliphatic carboxylic acids is 1.